The number of rotatable bonds is 7. The van der Waals surface area contributed by atoms with E-state index in [0.29, 0.717) is 30.5 Å². The summed E-state index contributed by atoms with van der Waals surface area (Å²) in [6, 6.07) is 12.7. The minimum atomic E-state index is -2.89. The Morgan fingerprint density at radius 3 is 2.70 bits per heavy atom. The topological polar surface area (TPSA) is 82.4 Å². The van der Waals surface area contributed by atoms with Gasteiger partial charge in [-0.1, -0.05) is 24.3 Å². The van der Waals surface area contributed by atoms with Crippen molar-refractivity contribution >= 4 is 23.0 Å². The van der Waals surface area contributed by atoms with Gasteiger partial charge in [0.05, 0.1) is 30.1 Å². The molecular formula is C27H25F2N5O3. The van der Waals surface area contributed by atoms with E-state index in [1.807, 2.05) is 34.6 Å². The van der Waals surface area contributed by atoms with Gasteiger partial charge in [0.15, 0.2) is 0 Å². The average molecular weight is 506 g/mol. The summed E-state index contributed by atoms with van der Waals surface area (Å²) in [5.74, 6) is 1.65. The van der Waals surface area contributed by atoms with E-state index in [4.69, 9.17) is 9.47 Å². The van der Waals surface area contributed by atoms with Crippen LogP contribution >= 0.6 is 0 Å². The Morgan fingerprint density at radius 1 is 1.16 bits per heavy atom. The van der Waals surface area contributed by atoms with Gasteiger partial charge in [0.25, 0.3) is 0 Å². The molecule has 0 bridgehead atoms. The number of carbonyl (C=O) groups is 1. The number of hydrogen-bond donors (Lipinski definition) is 0. The summed E-state index contributed by atoms with van der Waals surface area (Å²) in [4.78, 5) is 28.0. The summed E-state index contributed by atoms with van der Waals surface area (Å²) in [6.07, 6.45) is 4.41. The van der Waals surface area contributed by atoms with Crippen molar-refractivity contribution in [2.75, 3.05) is 25.1 Å². The van der Waals surface area contributed by atoms with Crippen molar-refractivity contribution in [1.82, 2.24) is 19.5 Å². The van der Waals surface area contributed by atoms with Crippen molar-refractivity contribution in [2.24, 2.45) is 11.3 Å². The number of methoxy groups -OCH3 is 1. The quantitative estimate of drug-likeness (QED) is 0.343. The fraction of sp³-hybridized carbons (Fsp3) is 0.333. The second-order valence-electron chi connectivity index (χ2n) is 9.64. The molecule has 2 atom stereocenters. The molecule has 37 heavy (non-hydrogen) atoms. The van der Waals surface area contributed by atoms with E-state index in [2.05, 4.69) is 15.0 Å². The lowest BCUT2D eigenvalue weighted by Gasteiger charge is -2.20. The van der Waals surface area contributed by atoms with Crippen LogP contribution in [0.4, 0.5) is 14.7 Å². The monoisotopic (exact) mass is 505 g/mol. The zero-order chi connectivity index (χ0) is 25.7. The predicted octanol–water partition coefficient (Wildman–Crippen LogP) is 4.45. The summed E-state index contributed by atoms with van der Waals surface area (Å²) < 4.78 is 37.5. The average Bonchev–Trinajstić information content (AvgIpc) is 3.33. The van der Waals surface area contributed by atoms with Crippen LogP contribution in [0, 0.1) is 18.3 Å². The number of anilines is 1. The number of aryl methyl sites for hydroxylation is 1. The van der Waals surface area contributed by atoms with Gasteiger partial charge in [-0.2, -0.15) is 8.78 Å². The van der Waals surface area contributed by atoms with Gasteiger partial charge in [-0.25, -0.2) is 15.0 Å². The van der Waals surface area contributed by atoms with Crippen molar-refractivity contribution in [3.8, 4) is 16.9 Å². The first-order chi connectivity index (χ1) is 17.9. The highest BCUT2D eigenvalue weighted by Gasteiger charge is 2.66. The first-order valence-corrected chi connectivity index (χ1v) is 12.0. The van der Waals surface area contributed by atoms with Gasteiger partial charge < -0.3 is 18.9 Å². The first-order valence-electron chi connectivity index (χ1n) is 12.0. The van der Waals surface area contributed by atoms with Crippen LogP contribution in [0.15, 0.2) is 54.9 Å². The molecule has 1 saturated carbocycles. The Bertz CT molecular complexity index is 1490. The SMILES string of the molecule is COC(=O)[C@]12CC1CN(c1ncc(-c3ccc4nc(C)n(Cc5ccccc5OC(F)F)c4c3)cn1)C2. The van der Waals surface area contributed by atoms with Crippen molar-refractivity contribution in [1.29, 1.82) is 0 Å². The molecule has 6 rings (SSSR count). The number of hydrogen-bond acceptors (Lipinski definition) is 7. The molecular weight excluding hydrogens is 480 g/mol. The van der Waals surface area contributed by atoms with Gasteiger partial charge in [0.2, 0.25) is 5.95 Å². The molecule has 2 fully saturated rings. The number of alkyl halides is 2. The van der Waals surface area contributed by atoms with E-state index in [-0.39, 0.29) is 11.7 Å². The number of ether oxygens (including phenoxy) is 2. The maximum Gasteiger partial charge on any atom is 0.387 e. The van der Waals surface area contributed by atoms with Crippen molar-refractivity contribution in [2.45, 2.75) is 26.5 Å². The number of para-hydroxylation sites is 1. The van der Waals surface area contributed by atoms with E-state index in [9.17, 15) is 13.6 Å². The summed E-state index contributed by atoms with van der Waals surface area (Å²) in [5.41, 5.74) is 3.65. The number of halogens is 2. The fourth-order valence-corrected chi connectivity index (χ4v) is 5.43. The van der Waals surface area contributed by atoms with Crippen molar-refractivity contribution in [3.05, 3.63) is 66.2 Å². The fourth-order valence-electron chi connectivity index (χ4n) is 5.43. The van der Waals surface area contributed by atoms with Gasteiger partial charge in [-0.05, 0) is 43.0 Å². The van der Waals surface area contributed by atoms with Crippen molar-refractivity contribution in [3.63, 3.8) is 0 Å². The number of nitrogens with zero attached hydrogens (tertiary/aromatic N) is 5. The van der Waals surface area contributed by atoms with Gasteiger partial charge in [-0.3, -0.25) is 4.79 Å². The largest absolute Gasteiger partial charge is 0.469 e. The highest BCUT2D eigenvalue weighted by atomic mass is 19.3. The molecule has 0 radical (unpaired) electrons. The van der Waals surface area contributed by atoms with Gasteiger partial charge in [0.1, 0.15) is 11.6 Å². The molecule has 0 spiro atoms. The molecule has 8 nitrogen and oxygen atoms in total. The van der Waals surface area contributed by atoms with E-state index in [1.165, 1.54) is 13.2 Å². The second kappa shape index (κ2) is 8.79. The Balaban J connectivity index is 1.26. The summed E-state index contributed by atoms with van der Waals surface area (Å²) in [7, 11) is 1.43. The van der Waals surface area contributed by atoms with Gasteiger partial charge >= 0.3 is 12.6 Å². The Morgan fingerprint density at radius 2 is 1.95 bits per heavy atom. The van der Waals surface area contributed by atoms with Crippen LogP contribution in [0.3, 0.4) is 0 Å². The maximum atomic E-state index is 12.9. The van der Waals surface area contributed by atoms with Gasteiger partial charge in [-0.15, -0.1) is 0 Å². The Labute approximate surface area is 211 Å². The Kier molecular flexibility index (Phi) is 5.54. The molecule has 190 valence electrons. The van der Waals surface area contributed by atoms with Crippen LogP contribution < -0.4 is 9.64 Å². The van der Waals surface area contributed by atoms with E-state index in [0.717, 1.165) is 41.0 Å². The molecule has 1 unspecified atom stereocenters. The molecule has 2 aliphatic rings. The minimum absolute atomic E-state index is 0.146. The third-order valence-electron chi connectivity index (χ3n) is 7.45. The zero-order valence-corrected chi connectivity index (χ0v) is 20.4. The lowest BCUT2D eigenvalue weighted by Crippen LogP contribution is -2.30. The van der Waals surface area contributed by atoms with E-state index in [1.54, 1.807) is 30.6 Å². The molecule has 0 N–H and O–H groups in total. The minimum Gasteiger partial charge on any atom is -0.469 e. The number of benzene rings is 2. The molecule has 3 heterocycles. The summed E-state index contributed by atoms with van der Waals surface area (Å²) in [5, 5.41) is 0. The normalized spacial score (nSPS) is 20.4. The number of imidazole rings is 1. The Hall–Kier alpha value is -4.08. The number of fused-ring (bicyclic) bond motifs is 2. The highest BCUT2D eigenvalue weighted by molar-refractivity contribution is 5.83. The lowest BCUT2D eigenvalue weighted by molar-refractivity contribution is -0.146. The summed E-state index contributed by atoms with van der Waals surface area (Å²) >= 11 is 0. The smallest absolute Gasteiger partial charge is 0.387 e. The molecule has 0 amide bonds. The van der Waals surface area contributed by atoms with E-state index < -0.39 is 12.0 Å². The van der Waals surface area contributed by atoms with Crippen molar-refractivity contribution < 1.29 is 23.0 Å². The van der Waals surface area contributed by atoms with E-state index >= 15 is 0 Å². The predicted molar refractivity (Wildman–Crippen MR) is 132 cm³/mol. The third kappa shape index (κ3) is 4.06. The molecule has 1 saturated heterocycles. The van der Waals surface area contributed by atoms with Crippen LogP contribution in [0.5, 0.6) is 5.75 Å². The standard InChI is InChI=1S/C27H25F2N5O3/c1-16-32-21-8-7-17(9-22(21)34(16)13-18-5-3-4-6-23(18)37-25(28)29)19-11-30-26(31-12-19)33-14-20-10-27(20,15-33)24(35)36-2/h3-9,11-12,20,25H,10,13-15H2,1-2H3/t20?,27-/m0/s1. The third-order valence-corrected chi connectivity index (χ3v) is 7.45. The first kappa shape index (κ1) is 23.3. The van der Waals surface area contributed by atoms with Crippen LogP contribution in [0.2, 0.25) is 0 Å². The van der Waals surface area contributed by atoms with Gasteiger partial charge in [0, 0.05) is 36.6 Å². The lowest BCUT2D eigenvalue weighted by atomic mass is 10.1. The molecule has 2 aromatic heterocycles. The number of carbonyl (C=O) groups excluding carboxylic acids is 1. The molecule has 2 aromatic carbocycles. The summed E-state index contributed by atoms with van der Waals surface area (Å²) in [6.45, 7) is 0.645. The van der Waals surface area contributed by atoms with Crippen LogP contribution in [-0.2, 0) is 16.1 Å². The van der Waals surface area contributed by atoms with Crippen LogP contribution in [-0.4, -0.2) is 52.3 Å². The second-order valence-corrected chi connectivity index (χ2v) is 9.64. The number of esters is 1. The van der Waals surface area contributed by atoms with Crippen LogP contribution in [0.25, 0.3) is 22.2 Å². The molecule has 1 aliphatic carbocycles. The van der Waals surface area contributed by atoms with Crippen LogP contribution in [0.1, 0.15) is 17.8 Å². The molecule has 4 aromatic rings. The maximum absolute atomic E-state index is 12.9. The molecule has 1 aliphatic heterocycles. The number of piperidine rings is 1. The zero-order valence-electron chi connectivity index (χ0n) is 20.4. The highest BCUT2D eigenvalue weighted by Crippen LogP contribution is 2.58. The number of aromatic nitrogens is 4. The molecule has 10 heteroatoms.